The van der Waals surface area contributed by atoms with E-state index < -0.39 is 18.0 Å². The summed E-state index contributed by atoms with van der Waals surface area (Å²) in [7, 11) is 0. The van der Waals surface area contributed by atoms with Gasteiger partial charge in [-0.2, -0.15) is 5.26 Å². The molecule has 6 nitrogen and oxygen atoms in total. The number of carbonyl (C=O) groups is 2. The van der Waals surface area contributed by atoms with Gasteiger partial charge in [0.2, 0.25) is 0 Å². The normalized spacial score (nSPS) is 11.3. The van der Waals surface area contributed by atoms with Crippen LogP contribution in [0.3, 0.4) is 0 Å². The molecule has 2 aromatic rings. The van der Waals surface area contributed by atoms with Crippen LogP contribution in [0.15, 0.2) is 24.3 Å². The summed E-state index contributed by atoms with van der Waals surface area (Å²) in [6.07, 6.45) is -0.767. The Kier molecular flexibility index (Phi) is 6.36. The van der Waals surface area contributed by atoms with E-state index >= 15 is 0 Å². The van der Waals surface area contributed by atoms with Gasteiger partial charge in [-0.1, -0.05) is 12.1 Å². The minimum absolute atomic E-state index is 0.237. The number of thiophene rings is 1. The van der Waals surface area contributed by atoms with E-state index in [-0.39, 0.29) is 12.2 Å². The number of aryl methyl sites for hydroxylation is 1. The van der Waals surface area contributed by atoms with Crippen molar-refractivity contribution in [1.29, 1.82) is 5.26 Å². The maximum atomic E-state index is 12.4. The van der Waals surface area contributed by atoms with Crippen molar-refractivity contribution in [3.05, 3.63) is 45.8 Å². The summed E-state index contributed by atoms with van der Waals surface area (Å²) in [5.74, 6) is -0.321. The molecule has 0 unspecified atom stereocenters. The molecule has 0 aliphatic rings. The Morgan fingerprint density at radius 2 is 2.08 bits per heavy atom. The van der Waals surface area contributed by atoms with Crippen LogP contribution in [-0.4, -0.2) is 24.6 Å². The lowest BCUT2D eigenvalue weighted by molar-refractivity contribution is -0.122. The van der Waals surface area contributed by atoms with Gasteiger partial charge < -0.3 is 14.8 Å². The zero-order valence-electron chi connectivity index (χ0n) is 15.1. The molecule has 136 valence electrons. The summed E-state index contributed by atoms with van der Waals surface area (Å²) in [4.78, 5) is 24.7. The van der Waals surface area contributed by atoms with E-state index in [9.17, 15) is 14.9 Å². The molecular formula is C19H20N2O4S. The molecule has 7 heteroatoms. The van der Waals surface area contributed by atoms with Gasteiger partial charge in [0, 0.05) is 0 Å². The van der Waals surface area contributed by atoms with E-state index in [4.69, 9.17) is 9.47 Å². The Bertz CT molecular complexity index is 867. The van der Waals surface area contributed by atoms with Crippen LogP contribution in [0.2, 0.25) is 0 Å². The van der Waals surface area contributed by atoms with Crippen LogP contribution in [0, 0.1) is 25.2 Å². The highest BCUT2D eigenvalue weighted by molar-refractivity contribution is 7.18. The second-order valence-electron chi connectivity index (χ2n) is 5.66. The largest absolute Gasteiger partial charge is 0.481 e. The molecule has 1 amide bonds. The molecule has 1 heterocycles. The Morgan fingerprint density at radius 3 is 2.69 bits per heavy atom. The second kappa shape index (κ2) is 8.50. The topological polar surface area (TPSA) is 88.4 Å². The molecule has 1 aromatic heterocycles. The number of carbonyl (C=O) groups excluding carboxylic acids is 2. The summed E-state index contributed by atoms with van der Waals surface area (Å²) in [6.45, 7) is 7.16. The van der Waals surface area contributed by atoms with Crippen LogP contribution in [0.25, 0.3) is 0 Å². The second-order valence-corrected chi connectivity index (χ2v) is 6.68. The zero-order valence-corrected chi connectivity index (χ0v) is 15.9. The number of ether oxygens (including phenoxy) is 2. The van der Waals surface area contributed by atoms with Gasteiger partial charge >= 0.3 is 5.97 Å². The van der Waals surface area contributed by atoms with Crippen LogP contribution >= 0.6 is 11.3 Å². The number of hydrogen-bond acceptors (Lipinski definition) is 6. The van der Waals surface area contributed by atoms with Gasteiger partial charge in [-0.15, -0.1) is 11.3 Å². The van der Waals surface area contributed by atoms with Gasteiger partial charge in [0.05, 0.1) is 12.2 Å². The molecule has 0 aliphatic carbocycles. The predicted octanol–water partition coefficient (Wildman–Crippen LogP) is 3.82. The van der Waals surface area contributed by atoms with Crippen molar-refractivity contribution in [2.75, 3.05) is 11.9 Å². The maximum absolute atomic E-state index is 12.4. The van der Waals surface area contributed by atoms with E-state index in [1.165, 1.54) is 0 Å². The van der Waals surface area contributed by atoms with Crippen molar-refractivity contribution in [2.45, 2.75) is 33.8 Å². The van der Waals surface area contributed by atoms with Crippen LogP contribution in [-0.2, 0) is 9.53 Å². The molecule has 0 saturated carbocycles. The van der Waals surface area contributed by atoms with E-state index in [1.54, 1.807) is 26.8 Å². The van der Waals surface area contributed by atoms with Gasteiger partial charge in [-0.3, -0.25) is 4.79 Å². The average molecular weight is 372 g/mol. The molecule has 26 heavy (non-hydrogen) atoms. The molecule has 0 spiro atoms. The fraction of sp³-hybridized carbons (Fsp3) is 0.316. The van der Waals surface area contributed by atoms with Crippen molar-refractivity contribution in [2.24, 2.45) is 0 Å². The lowest BCUT2D eigenvalue weighted by atomic mass is 10.1. The highest BCUT2D eigenvalue weighted by atomic mass is 32.1. The maximum Gasteiger partial charge on any atom is 0.348 e. The van der Waals surface area contributed by atoms with Gasteiger partial charge in [0.1, 0.15) is 21.7 Å². The van der Waals surface area contributed by atoms with Gasteiger partial charge in [0.25, 0.3) is 5.91 Å². The predicted molar refractivity (Wildman–Crippen MR) is 99.6 cm³/mol. The molecule has 0 saturated heterocycles. The van der Waals surface area contributed by atoms with Crippen molar-refractivity contribution in [3.63, 3.8) is 0 Å². The summed E-state index contributed by atoms with van der Waals surface area (Å²) in [5.41, 5.74) is 1.78. The number of benzene rings is 1. The van der Waals surface area contributed by atoms with E-state index in [1.807, 2.05) is 31.2 Å². The average Bonchev–Trinajstić information content (AvgIpc) is 2.90. The number of amides is 1. The quantitative estimate of drug-likeness (QED) is 0.779. The summed E-state index contributed by atoms with van der Waals surface area (Å²) in [6, 6.07) is 9.41. The fourth-order valence-corrected chi connectivity index (χ4v) is 3.34. The highest BCUT2D eigenvalue weighted by Gasteiger charge is 2.24. The Hall–Kier alpha value is -2.85. The minimum atomic E-state index is -0.767. The zero-order chi connectivity index (χ0) is 19.3. The Balaban J connectivity index is 2.16. The summed E-state index contributed by atoms with van der Waals surface area (Å²) >= 11 is 1.03. The smallest absolute Gasteiger partial charge is 0.348 e. The molecule has 1 atom stereocenters. The Morgan fingerprint density at radius 1 is 1.35 bits per heavy atom. The molecule has 0 bridgehead atoms. The van der Waals surface area contributed by atoms with Crippen molar-refractivity contribution < 1.29 is 19.1 Å². The van der Waals surface area contributed by atoms with Crippen molar-refractivity contribution >= 4 is 28.2 Å². The van der Waals surface area contributed by atoms with E-state index in [0.717, 1.165) is 16.9 Å². The molecule has 0 radical (unpaired) electrons. The molecule has 1 aromatic carbocycles. The fourth-order valence-electron chi connectivity index (χ4n) is 2.29. The first-order valence-electron chi connectivity index (χ1n) is 8.12. The summed E-state index contributed by atoms with van der Waals surface area (Å²) < 4.78 is 10.6. The van der Waals surface area contributed by atoms with Gasteiger partial charge in [-0.25, -0.2) is 4.79 Å². The van der Waals surface area contributed by atoms with Gasteiger partial charge in [-0.05, 0) is 51.0 Å². The molecule has 2 rings (SSSR count). The Labute approximate surface area is 156 Å². The van der Waals surface area contributed by atoms with Crippen LogP contribution in [0.4, 0.5) is 5.00 Å². The number of anilines is 1. The van der Waals surface area contributed by atoms with Crippen molar-refractivity contribution in [1.82, 2.24) is 0 Å². The summed E-state index contributed by atoms with van der Waals surface area (Å²) in [5, 5.41) is 12.4. The van der Waals surface area contributed by atoms with Crippen LogP contribution in [0.5, 0.6) is 5.75 Å². The first-order chi connectivity index (χ1) is 12.4. The SMILES string of the molecule is CCOC(=O)c1sc(NC(=O)[C@H](C)Oc2cccc(C)c2)c(C#N)c1C. The lowest BCUT2D eigenvalue weighted by Gasteiger charge is -2.14. The molecule has 0 fully saturated rings. The number of hydrogen-bond donors (Lipinski definition) is 1. The third-order valence-corrected chi connectivity index (χ3v) is 4.82. The number of esters is 1. The lowest BCUT2D eigenvalue weighted by Crippen LogP contribution is -2.30. The van der Waals surface area contributed by atoms with Gasteiger partial charge in [0.15, 0.2) is 6.10 Å². The van der Waals surface area contributed by atoms with E-state index in [2.05, 4.69) is 5.32 Å². The van der Waals surface area contributed by atoms with Crippen molar-refractivity contribution in [3.8, 4) is 11.8 Å². The standard InChI is InChI=1S/C19H20N2O4S/c1-5-24-19(23)16-12(3)15(10-20)18(26-16)21-17(22)13(4)25-14-8-6-7-11(2)9-14/h6-9,13H,5H2,1-4H3,(H,21,22)/t13-/m0/s1. The molecular weight excluding hydrogens is 352 g/mol. The minimum Gasteiger partial charge on any atom is -0.481 e. The van der Waals surface area contributed by atoms with Crippen LogP contribution < -0.4 is 10.1 Å². The molecule has 0 aliphatic heterocycles. The third-order valence-electron chi connectivity index (χ3n) is 3.63. The van der Waals surface area contributed by atoms with E-state index in [0.29, 0.717) is 21.2 Å². The number of nitriles is 1. The highest BCUT2D eigenvalue weighted by Crippen LogP contribution is 2.33. The molecule has 1 N–H and O–H groups in total. The monoisotopic (exact) mass is 372 g/mol. The number of rotatable bonds is 6. The number of nitrogens with one attached hydrogen (secondary N) is 1. The first-order valence-corrected chi connectivity index (χ1v) is 8.93. The third kappa shape index (κ3) is 4.41. The van der Waals surface area contributed by atoms with Crippen LogP contribution in [0.1, 0.15) is 40.2 Å². The number of nitrogens with zero attached hydrogens (tertiary/aromatic N) is 1. The first kappa shape index (κ1) is 19.5.